The number of nitrogens with one attached hydrogen (secondary N) is 1. The van der Waals surface area contributed by atoms with Crippen LogP contribution in [0.2, 0.25) is 0 Å². The minimum Gasteiger partial charge on any atom is -0.477 e. The van der Waals surface area contributed by atoms with Crippen molar-refractivity contribution in [2.24, 2.45) is 7.05 Å². The van der Waals surface area contributed by atoms with Crippen LogP contribution in [0.4, 0.5) is 13.2 Å². The summed E-state index contributed by atoms with van der Waals surface area (Å²) in [6, 6.07) is 12.1. The number of carbonyl (C=O) groups is 2. The third-order valence-corrected chi connectivity index (χ3v) is 4.91. The largest absolute Gasteiger partial charge is 0.477 e. The van der Waals surface area contributed by atoms with Crippen molar-refractivity contribution in [3.8, 4) is 10.6 Å². The summed E-state index contributed by atoms with van der Waals surface area (Å²) in [5.74, 6) is -1.93. The molecule has 3 rings (SSSR count). The van der Waals surface area contributed by atoms with Crippen molar-refractivity contribution >= 4 is 29.3 Å². The van der Waals surface area contributed by atoms with E-state index in [1.165, 1.54) is 13.1 Å². The van der Waals surface area contributed by atoms with Crippen LogP contribution < -0.4 is 5.32 Å². The highest BCUT2D eigenvalue weighted by molar-refractivity contribution is 7.16. The number of halogens is 3. The van der Waals surface area contributed by atoms with E-state index in [0.29, 0.717) is 15.3 Å². The molecule has 0 bridgehead atoms. The van der Waals surface area contributed by atoms with Crippen LogP contribution >= 0.6 is 11.3 Å². The van der Waals surface area contributed by atoms with Crippen LogP contribution in [0, 0.1) is 0 Å². The monoisotopic (exact) mass is 421 g/mol. The Morgan fingerprint density at radius 3 is 2.45 bits per heavy atom. The number of thiophene rings is 1. The third-order valence-electron chi connectivity index (χ3n) is 3.85. The molecule has 0 unspecified atom stereocenters. The lowest BCUT2D eigenvalue weighted by molar-refractivity contribution is -0.141. The molecule has 2 aromatic heterocycles. The Morgan fingerprint density at radius 1 is 1.17 bits per heavy atom. The maximum Gasteiger partial charge on any atom is 0.435 e. The molecule has 0 radical (unpaired) electrons. The van der Waals surface area contributed by atoms with Gasteiger partial charge in [0.1, 0.15) is 5.70 Å². The summed E-state index contributed by atoms with van der Waals surface area (Å²) in [6.07, 6.45) is -3.31. The average Bonchev–Trinajstić information content (AvgIpc) is 3.27. The SMILES string of the molecule is Cn1nc(C(F)(F)F)cc1-c1ccc(/C=C(/NC(=O)c2ccccc2)C(=O)O)s1. The van der Waals surface area contributed by atoms with Gasteiger partial charge in [-0.1, -0.05) is 18.2 Å². The molecule has 6 nitrogen and oxygen atoms in total. The second-order valence-corrected chi connectivity index (χ2v) is 7.04. The van der Waals surface area contributed by atoms with E-state index in [-0.39, 0.29) is 11.4 Å². The van der Waals surface area contributed by atoms with E-state index < -0.39 is 23.7 Å². The molecule has 1 amide bonds. The third kappa shape index (κ3) is 4.72. The van der Waals surface area contributed by atoms with Gasteiger partial charge in [0.25, 0.3) is 5.91 Å². The fourth-order valence-corrected chi connectivity index (χ4v) is 3.48. The van der Waals surface area contributed by atoms with Gasteiger partial charge in [-0.3, -0.25) is 9.48 Å². The van der Waals surface area contributed by atoms with E-state index >= 15 is 0 Å². The minimum absolute atomic E-state index is 0.243. The molecule has 0 aliphatic heterocycles. The van der Waals surface area contributed by atoms with Crippen molar-refractivity contribution < 1.29 is 27.9 Å². The maximum absolute atomic E-state index is 12.8. The quantitative estimate of drug-likeness (QED) is 0.610. The van der Waals surface area contributed by atoms with Crippen LogP contribution in [0.25, 0.3) is 16.6 Å². The Hall–Kier alpha value is -3.40. The number of hydrogen-bond donors (Lipinski definition) is 2. The van der Waals surface area contributed by atoms with Crippen molar-refractivity contribution in [2.75, 3.05) is 0 Å². The number of amides is 1. The Balaban J connectivity index is 1.86. The van der Waals surface area contributed by atoms with Crippen molar-refractivity contribution in [1.29, 1.82) is 0 Å². The highest BCUT2D eigenvalue weighted by Gasteiger charge is 2.34. The summed E-state index contributed by atoms with van der Waals surface area (Å²) in [5, 5.41) is 15.2. The number of benzene rings is 1. The molecule has 0 atom stereocenters. The van der Waals surface area contributed by atoms with Gasteiger partial charge >= 0.3 is 12.1 Å². The van der Waals surface area contributed by atoms with Gasteiger partial charge in [-0.05, 0) is 36.4 Å². The smallest absolute Gasteiger partial charge is 0.435 e. The summed E-state index contributed by atoms with van der Waals surface area (Å²) in [6.45, 7) is 0. The van der Waals surface area contributed by atoms with Gasteiger partial charge in [0, 0.05) is 17.5 Å². The van der Waals surface area contributed by atoms with Gasteiger partial charge in [0.05, 0.1) is 10.6 Å². The van der Waals surface area contributed by atoms with Gasteiger partial charge < -0.3 is 10.4 Å². The average molecular weight is 421 g/mol. The summed E-state index contributed by atoms with van der Waals surface area (Å²) in [5.41, 5.74) is -0.830. The molecule has 29 heavy (non-hydrogen) atoms. The molecule has 0 fully saturated rings. The van der Waals surface area contributed by atoms with E-state index in [4.69, 9.17) is 0 Å². The van der Waals surface area contributed by atoms with Crippen molar-refractivity contribution in [1.82, 2.24) is 15.1 Å². The number of carbonyl (C=O) groups excluding carboxylic acids is 1. The van der Waals surface area contributed by atoms with E-state index in [2.05, 4.69) is 10.4 Å². The second kappa shape index (κ2) is 7.92. The number of nitrogens with zero attached hydrogens (tertiary/aromatic N) is 2. The number of aromatic nitrogens is 2. The molecule has 1 aromatic carbocycles. The molecular formula is C19H14F3N3O3S. The molecule has 2 N–H and O–H groups in total. The molecule has 150 valence electrons. The first-order chi connectivity index (χ1) is 13.6. The molecule has 0 spiro atoms. The lowest BCUT2D eigenvalue weighted by Gasteiger charge is -2.05. The molecule has 2 heterocycles. The molecular weight excluding hydrogens is 407 g/mol. The zero-order valence-electron chi connectivity index (χ0n) is 14.9. The molecule has 0 saturated heterocycles. The highest BCUT2D eigenvalue weighted by atomic mass is 32.1. The van der Waals surface area contributed by atoms with Crippen LogP contribution in [-0.4, -0.2) is 26.8 Å². The van der Waals surface area contributed by atoms with Crippen molar-refractivity contribution in [3.05, 3.63) is 70.4 Å². The summed E-state index contributed by atoms with van der Waals surface area (Å²) >= 11 is 1.07. The lowest BCUT2D eigenvalue weighted by atomic mass is 10.2. The van der Waals surface area contributed by atoms with Crippen molar-refractivity contribution in [2.45, 2.75) is 6.18 Å². The summed E-state index contributed by atoms with van der Waals surface area (Å²) < 4.78 is 39.6. The molecule has 10 heteroatoms. The highest BCUT2D eigenvalue weighted by Crippen LogP contribution is 2.34. The number of rotatable bonds is 5. The van der Waals surface area contributed by atoms with E-state index in [1.54, 1.807) is 42.5 Å². The first-order valence-electron chi connectivity index (χ1n) is 8.18. The summed E-state index contributed by atoms with van der Waals surface area (Å²) in [7, 11) is 1.39. The number of carboxylic acid groups (broad SMARTS) is 1. The predicted octanol–water partition coefficient (Wildman–Crippen LogP) is 4.02. The molecule has 0 saturated carbocycles. The van der Waals surface area contributed by atoms with Crippen LogP contribution in [0.15, 0.2) is 54.2 Å². The number of hydrogen-bond acceptors (Lipinski definition) is 4. The van der Waals surface area contributed by atoms with Crippen molar-refractivity contribution in [3.63, 3.8) is 0 Å². The lowest BCUT2D eigenvalue weighted by Crippen LogP contribution is -2.27. The molecule has 0 aliphatic carbocycles. The standard InChI is InChI=1S/C19H14F3N3O3S/c1-25-14(10-16(24-25)19(20,21)22)15-8-7-12(29-15)9-13(18(27)28)23-17(26)11-5-3-2-4-6-11/h2-10H,1H3,(H,23,26)(H,27,28)/b13-9+. The van der Waals surface area contributed by atoms with Gasteiger partial charge in [-0.2, -0.15) is 18.3 Å². The van der Waals surface area contributed by atoms with Crippen LogP contribution in [0.3, 0.4) is 0 Å². The minimum atomic E-state index is -4.56. The Kier molecular flexibility index (Phi) is 5.55. The van der Waals surface area contributed by atoms with E-state index in [1.807, 2.05) is 0 Å². The first kappa shape index (κ1) is 20.3. The zero-order valence-corrected chi connectivity index (χ0v) is 15.7. The van der Waals surface area contributed by atoms with Gasteiger partial charge in [-0.25, -0.2) is 4.79 Å². The topological polar surface area (TPSA) is 84.2 Å². The van der Waals surface area contributed by atoms with E-state index in [9.17, 15) is 27.9 Å². The van der Waals surface area contributed by atoms with Gasteiger partial charge in [-0.15, -0.1) is 11.3 Å². The van der Waals surface area contributed by atoms with Crippen LogP contribution in [0.5, 0.6) is 0 Å². The fourth-order valence-electron chi connectivity index (χ4n) is 2.48. The Labute approximate surface area is 166 Å². The maximum atomic E-state index is 12.8. The number of alkyl halides is 3. The Morgan fingerprint density at radius 2 is 1.86 bits per heavy atom. The first-order valence-corrected chi connectivity index (χ1v) is 8.99. The predicted molar refractivity (Wildman–Crippen MR) is 101 cm³/mol. The zero-order chi connectivity index (χ0) is 21.2. The number of aryl methyl sites for hydroxylation is 1. The van der Waals surface area contributed by atoms with Crippen LogP contribution in [0.1, 0.15) is 20.9 Å². The number of carboxylic acids is 1. The normalized spacial score (nSPS) is 12.1. The molecule has 0 aliphatic rings. The molecule has 3 aromatic rings. The van der Waals surface area contributed by atoms with Gasteiger partial charge in [0.2, 0.25) is 0 Å². The summed E-state index contributed by atoms with van der Waals surface area (Å²) in [4.78, 5) is 24.6. The second-order valence-electron chi connectivity index (χ2n) is 5.92. The van der Waals surface area contributed by atoms with E-state index in [0.717, 1.165) is 22.1 Å². The Bertz CT molecular complexity index is 1090. The number of aliphatic carboxylic acids is 1. The fraction of sp³-hybridized carbons (Fsp3) is 0.105. The van der Waals surface area contributed by atoms with Gasteiger partial charge in [0.15, 0.2) is 5.69 Å². The van der Waals surface area contributed by atoms with Crippen LogP contribution in [-0.2, 0) is 18.0 Å².